The topological polar surface area (TPSA) is 72.5 Å². The standard InChI is InChI=1S/C25H36O7Si/c1-17(2)20-13-18-21(31-20)14-22(32-33(8,9)25(3,4)5)23(24(18)30-16-28-7)19(26)11-10-12-29-15-27-6/h14,20H,1,12-13,15-16H2,2-9H3. The molecule has 2 rings (SSSR count). The van der Waals surface area contributed by atoms with E-state index in [2.05, 4.69) is 52.3 Å². The molecule has 0 saturated carbocycles. The Morgan fingerprint density at radius 1 is 1.24 bits per heavy atom. The molecule has 0 N–H and O–H groups in total. The Labute approximate surface area is 198 Å². The van der Waals surface area contributed by atoms with Gasteiger partial charge < -0.3 is 28.1 Å². The summed E-state index contributed by atoms with van der Waals surface area (Å²) in [6.07, 6.45) is 0.332. The smallest absolute Gasteiger partial charge is 0.250 e. The van der Waals surface area contributed by atoms with Crippen LogP contribution in [-0.4, -0.2) is 54.6 Å². The number of hydrogen-bond donors (Lipinski definition) is 0. The third kappa shape index (κ3) is 6.61. The van der Waals surface area contributed by atoms with E-state index < -0.39 is 14.1 Å². The number of ether oxygens (including phenoxy) is 5. The summed E-state index contributed by atoms with van der Waals surface area (Å²) < 4.78 is 33.8. The first-order valence-electron chi connectivity index (χ1n) is 10.9. The van der Waals surface area contributed by atoms with Crippen LogP contribution in [0.15, 0.2) is 18.2 Å². The van der Waals surface area contributed by atoms with Crippen LogP contribution in [0.25, 0.3) is 0 Å². The number of Topliss-reactive ketones (excluding diaryl/α,β-unsaturated/α-hetero) is 1. The quantitative estimate of drug-likeness (QED) is 0.0918. The highest BCUT2D eigenvalue weighted by Crippen LogP contribution is 2.47. The number of carbonyl (C=O) groups excluding carboxylic acids is 1. The van der Waals surface area contributed by atoms with E-state index >= 15 is 0 Å². The molecule has 0 saturated heterocycles. The van der Waals surface area contributed by atoms with Crippen molar-refractivity contribution in [1.82, 2.24) is 0 Å². The van der Waals surface area contributed by atoms with Gasteiger partial charge in [0, 0.05) is 32.3 Å². The van der Waals surface area contributed by atoms with E-state index in [-0.39, 0.29) is 36.9 Å². The zero-order valence-electron chi connectivity index (χ0n) is 21.0. The van der Waals surface area contributed by atoms with Crippen LogP contribution in [0.2, 0.25) is 18.1 Å². The van der Waals surface area contributed by atoms with E-state index in [1.54, 1.807) is 6.07 Å². The van der Waals surface area contributed by atoms with Crippen LogP contribution in [0.5, 0.6) is 17.2 Å². The number of fused-ring (bicyclic) bond motifs is 1. The van der Waals surface area contributed by atoms with Gasteiger partial charge in [0.05, 0.1) is 0 Å². The Bertz CT molecular complexity index is 935. The van der Waals surface area contributed by atoms with Crippen molar-refractivity contribution in [2.24, 2.45) is 0 Å². The van der Waals surface area contributed by atoms with Gasteiger partial charge in [-0.1, -0.05) is 33.3 Å². The monoisotopic (exact) mass is 476 g/mol. The van der Waals surface area contributed by atoms with Gasteiger partial charge in [0.25, 0.3) is 8.32 Å². The zero-order valence-corrected chi connectivity index (χ0v) is 22.0. The highest BCUT2D eigenvalue weighted by molar-refractivity contribution is 6.74. The van der Waals surface area contributed by atoms with Gasteiger partial charge in [0.15, 0.2) is 6.79 Å². The molecule has 0 bridgehead atoms. The largest absolute Gasteiger partial charge is 0.543 e. The first-order valence-corrected chi connectivity index (χ1v) is 13.8. The molecule has 0 fully saturated rings. The Kier molecular flexibility index (Phi) is 9.15. The molecule has 1 aliphatic rings. The molecule has 0 amide bonds. The van der Waals surface area contributed by atoms with Crippen LogP contribution in [0.3, 0.4) is 0 Å². The number of ketones is 1. The fourth-order valence-corrected chi connectivity index (χ4v) is 3.98. The van der Waals surface area contributed by atoms with Gasteiger partial charge in [-0.25, -0.2) is 0 Å². The summed E-state index contributed by atoms with van der Waals surface area (Å²) in [6.45, 7) is 16.7. The van der Waals surface area contributed by atoms with Crippen molar-refractivity contribution in [3.63, 3.8) is 0 Å². The van der Waals surface area contributed by atoms with Crippen LogP contribution in [0.1, 0.15) is 43.6 Å². The maximum Gasteiger partial charge on any atom is 0.250 e. The predicted octanol–water partition coefficient (Wildman–Crippen LogP) is 4.74. The van der Waals surface area contributed by atoms with Gasteiger partial charge in [-0.3, -0.25) is 4.79 Å². The molecule has 1 aliphatic heterocycles. The molecule has 7 nitrogen and oxygen atoms in total. The lowest BCUT2D eigenvalue weighted by Crippen LogP contribution is -2.44. The minimum atomic E-state index is -2.30. The maximum absolute atomic E-state index is 13.3. The number of benzene rings is 1. The van der Waals surface area contributed by atoms with Crippen molar-refractivity contribution in [2.75, 3.05) is 34.4 Å². The molecule has 33 heavy (non-hydrogen) atoms. The lowest BCUT2D eigenvalue weighted by Gasteiger charge is -2.37. The average Bonchev–Trinajstić information content (AvgIpc) is 3.14. The second-order valence-corrected chi connectivity index (χ2v) is 14.2. The Morgan fingerprint density at radius 2 is 1.91 bits per heavy atom. The molecule has 1 aromatic rings. The van der Waals surface area contributed by atoms with E-state index in [1.807, 2.05) is 6.92 Å². The predicted molar refractivity (Wildman–Crippen MR) is 130 cm³/mol. The van der Waals surface area contributed by atoms with Crippen molar-refractivity contribution < 1.29 is 32.9 Å². The van der Waals surface area contributed by atoms with Crippen molar-refractivity contribution in [1.29, 1.82) is 0 Å². The summed E-state index contributed by atoms with van der Waals surface area (Å²) in [5.41, 5.74) is 1.95. The Hall–Kier alpha value is -2.31. The fourth-order valence-electron chi connectivity index (χ4n) is 2.96. The molecule has 1 unspecified atom stereocenters. The highest BCUT2D eigenvalue weighted by Gasteiger charge is 2.41. The van der Waals surface area contributed by atoms with Gasteiger partial charge >= 0.3 is 0 Å². The zero-order chi connectivity index (χ0) is 24.8. The molecule has 182 valence electrons. The summed E-state index contributed by atoms with van der Waals surface area (Å²) in [7, 11) is 0.748. The second-order valence-electron chi connectivity index (χ2n) is 9.51. The Morgan fingerprint density at radius 3 is 2.48 bits per heavy atom. The van der Waals surface area contributed by atoms with Gasteiger partial charge in [0.2, 0.25) is 5.78 Å². The normalized spacial score (nSPS) is 15.2. The molecular weight excluding hydrogens is 440 g/mol. The molecule has 0 aliphatic carbocycles. The van der Waals surface area contributed by atoms with E-state index in [0.717, 1.165) is 11.1 Å². The molecule has 8 heteroatoms. The van der Waals surface area contributed by atoms with Crippen molar-refractivity contribution in [2.45, 2.75) is 58.4 Å². The number of methoxy groups -OCH3 is 2. The van der Waals surface area contributed by atoms with Crippen molar-refractivity contribution >= 4 is 14.1 Å². The van der Waals surface area contributed by atoms with Crippen LogP contribution >= 0.6 is 0 Å². The van der Waals surface area contributed by atoms with Crippen LogP contribution in [0.4, 0.5) is 0 Å². The number of hydrogen-bond acceptors (Lipinski definition) is 7. The SMILES string of the molecule is C=C(C)C1Cc2c(cc(O[Si](C)(C)C(C)(C)C)c(C(=O)C#CCOCOC)c2OCOC)O1. The van der Waals surface area contributed by atoms with E-state index in [9.17, 15) is 4.79 Å². The van der Waals surface area contributed by atoms with Crippen LogP contribution in [0, 0.1) is 11.8 Å². The van der Waals surface area contributed by atoms with Crippen molar-refractivity contribution in [3.8, 4) is 29.1 Å². The lowest BCUT2D eigenvalue weighted by atomic mass is 9.99. The summed E-state index contributed by atoms with van der Waals surface area (Å²) in [5, 5.41) is -0.0827. The molecular formula is C25H36O7Si. The maximum atomic E-state index is 13.3. The first kappa shape index (κ1) is 26.9. The van der Waals surface area contributed by atoms with Crippen LogP contribution < -0.4 is 13.9 Å². The molecule has 1 heterocycles. The summed E-state index contributed by atoms with van der Waals surface area (Å²) in [6, 6.07) is 1.79. The lowest BCUT2D eigenvalue weighted by molar-refractivity contribution is -0.0166. The first-order chi connectivity index (χ1) is 15.4. The molecule has 0 aromatic heterocycles. The van der Waals surface area contributed by atoms with E-state index in [0.29, 0.717) is 23.7 Å². The fraction of sp³-hybridized carbons (Fsp3) is 0.560. The second kappa shape index (κ2) is 11.2. The van der Waals surface area contributed by atoms with Crippen molar-refractivity contribution in [3.05, 3.63) is 29.3 Å². The van der Waals surface area contributed by atoms with Gasteiger partial charge in [-0.2, -0.15) is 0 Å². The Balaban J connectivity index is 2.62. The molecule has 1 aromatic carbocycles. The summed E-state index contributed by atoms with van der Waals surface area (Å²) in [5.74, 6) is 6.38. The summed E-state index contributed by atoms with van der Waals surface area (Å²) >= 11 is 0. The minimum Gasteiger partial charge on any atom is -0.543 e. The van der Waals surface area contributed by atoms with Gasteiger partial charge in [-0.15, -0.1) is 0 Å². The summed E-state index contributed by atoms with van der Waals surface area (Å²) in [4.78, 5) is 13.3. The molecule has 0 spiro atoms. The molecule has 1 atom stereocenters. The number of carbonyl (C=O) groups is 1. The molecule has 0 radical (unpaired) electrons. The third-order valence-corrected chi connectivity index (χ3v) is 10.2. The number of rotatable bonds is 10. The van der Waals surface area contributed by atoms with Gasteiger partial charge in [-0.05, 0) is 36.5 Å². The van der Waals surface area contributed by atoms with E-state index in [4.69, 9.17) is 28.1 Å². The average molecular weight is 477 g/mol. The third-order valence-electron chi connectivity index (χ3n) is 5.81. The highest BCUT2D eigenvalue weighted by atomic mass is 28.4. The minimum absolute atomic E-state index is 0.0294. The van der Waals surface area contributed by atoms with Crippen LogP contribution in [-0.2, 0) is 20.6 Å². The van der Waals surface area contributed by atoms with Gasteiger partial charge in [0.1, 0.15) is 42.3 Å². The van der Waals surface area contributed by atoms with E-state index in [1.165, 1.54) is 14.2 Å².